The number of hydrazone groups is 1. The molecule has 0 saturated heterocycles. The van der Waals surface area contributed by atoms with E-state index in [0.29, 0.717) is 6.79 Å². The molecule has 0 unspecified atom stereocenters. The third-order valence-electron chi connectivity index (χ3n) is 2.46. The molecule has 1 aromatic rings. The molecule has 0 aromatic heterocycles. The van der Waals surface area contributed by atoms with Gasteiger partial charge in [-0.05, 0) is 18.1 Å². The molecule has 72 valence electrons. The lowest BCUT2D eigenvalue weighted by molar-refractivity contribution is 0.174. The SMILES string of the molecule is C1=NNCCc2ccc3c(c21)OCO3. The Morgan fingerprint density at radius 1 is 1.29 bits per heavy atom. The van der Waals surface area contributed by atoms with Crippen LogP contribution in [0.2, 0.25) is 0 Å². The molecular formula is C10H10N2O2. The van der Waals surface area contributed by atoms with Crippen molar-refractivity contribution in [3.63, 3.8) is 0 Å². The van der Waals surface area contributed by atoms with Gasteiger partial charge in [0.05, 0.1) is 6.21 Å². The summed E-state index contributed by atoms with van der Waals surface area (Å²) in [5.74, 6) is 1.65. The molecule has 4 heteroatoms. The Morgan fingerprint density at radius 2 is 2.29 bits per heavy atom. The highest BCUT2D eigenvalue weighted by atomic mass is 16.7. The molecule has 4 nitrogen and oxygen atoms in total. The Labute approximate surface area is 81.5 Å². The zero-order chi connectivity index (χ0) is 9.38. The van der Waals surface area contributed by atoms with E-state index in [4.69, 9.17) is 9.47 Å². The number of benzene rings is 1. The number of nitrogens with zero attached hydrogens (tertiary/aromatic N) is 1. The summed E-state index contributed by atoms with van der Waals surface area (Å²) < 4.78 is 10.7. The summed E-state index contributed by atoms with van der Waals surface area (Å²) in [5.41, 5.74) is 5.26. The number of nitrogens with one attached hydrogen (secondary N) is 1. The second-order valence-electron chi connectivity index (χ2n) is 3.29. The van der Waals surface area contributed by atoms with Gasteiger partial charge in [-0.3, -0.25) is 0 Å². The van der Waals surface area contributed by atoms with E-state index >= 15 is 0 Å². The van der Waals surface area contributed by atoms with Gasteiger partial charge in [-0.1, -0.05) is 6.07 Å². The van der Waals surface area contributed by atoms with Crippen LogP contribution in [0.3, 0.4) is 0 Å². The van der Waals surface area contributed by atoms with Gasteiger partial charge >= 0.3 is 0 Å². The Bertz CT molecular complexity index is 401. The quantitative estimate of drug-likeness (QED) is 0.660. The summed E-state index contributed by atoms with van der Waals surface area (Å²) in [5, 5.41) is 4.08. The third kappa shape index (κ3) is 1.04. The van der Waals surface area contributed by atoms with Crippen molar-refractivity contribution in [2.75, 3.05) is 13.3 Å². The van der Waals surface area contributed by atoms with Crippen LogP contribution in [0.4, 0.5) is 0 Å². The van der Waals surface area contributed by atoms with Crippen molar-refractivity contribution in [1.29, 1.82) is 0 Å². The van der Waals surface area contributed by atoms with Crippen LogP contribution in [-0.4, -0.2) is 19.6 Å². The summed E-state index contributed by atoms with van der Waals surface area (Å²) >= 11 is 0. The molecule has 0 amide bonds. The van der Waals surface area contributed by atoms with Crippen LogP contribution in [0.15, 0.2) is 17.2 Å². The predicted molar refractivity (Wildman–Crippen MR) is 51.9 cm³/mol. The Kier molecular flexibility index (Phi) is 1.59. The van der Waals surface area contributed by atoms with E-state index < -0.39 is 0 Å². The lowest BCUT2D eigenvalue weighted by Gasteiger charge is -2.05. The first-order chi connectivity index (χ1) is 6.95. The standard InChI is InChI=1S/C10H10N2O2/c1-2-9-10(14-6-13-9)8-5-12-11-4-3-7(1)8/h1-2,5,11H,3-4,6H2. The van der Waals surface area contributed by atoms with Crippen molar-refractivity contribution in [3.05, 3.63) is 23.3 Å². The molecule has 14 heavy (non-hydrogen) atoms. The predicted octanol–water partition coefficient (Wildman–Crippen LogP) is 0.895. The molecule has 0 fully saturated rings. The minimum atomic E-state index is 0.313. The van der Waals surface area contributed by atoms with Crippen LogP contribution >= 0.6 is 0 Å². The van der Waals surface area contributed by atoms with Crippen LogP contribution in [-0.2, 0) is 6.42 Å². The Balaban J connectivity index is 2.19. The van der Waals surface area contributed by atoms with E-state index in [1.54, 1.807) is 6.21 Å². The first-order valence-corrected chi connectivity index (χ1v) is 4.62. The van der Waals surface area contributed by atoms with Gasteiger partial charge < -0.3 is 14.9 Å². The highest BCUT2D eigenvalue weighted by molar-refractivity contribution is 5.87. The van der Waals surface area contributed by atoms with Crippen molar-refractivity contribution in [2.24, 2.45) is 5.10 Å². The third-order valence-corrected chi connectivity index (χ3v) is 2.46. The van der Waals surface area contributed by atoms with E-state index in [1.165, 1.54) is 5.56 Å². The topological polar surface area (TPSA) is 42.9 Å². The average molecular weight is 190 g/mol. The van der Waals surface area contributed by atoms with Crippen molar-refractivity contribution in [3.8, 4) is 11.5 Å². The maximum absolute atomic E-state index is 5.41. The number of ether oxygens (including phenoxy) is 2. The van der Waals surface area contributed by atoms with Gasteiger partial charge in [-0.25, -0.2) is 0 Å². The summed E-state index contributed by atoms with van der Waals surface area (Å²) in [6.45, 7) is 1.18. The first kappa shape index (κ1) is 7.67. The molecular weight excluding hydrogens is 180 g/mol. The van der Waals surface area contributed by atoms with Gasteiger partial charge in [0.25, 0.3) is 0 Å². The molecule has 0 radical (unpaired) electrons. The van der Waals surface area contributed by atoms with E-state index in [1.807, 2.05) is 6.07 Å². The normalized spacial score (nSPS) is 17.1. The maximum Gasteiger partial charge on any atom is 0.231 e. The lowest BCUT2D eigenvalue weighted by atomic mass is 10.0. The fourth-order valence-corrected chi connectivity index (χ4v) is 1.76. The highest BCUT2D eigenvalue weighted by Gasteiger charge is 2.20. The highest BCUT2D eigenvalue weighted by Crippen LogP contribution is 2.36. The number of rotatable bonds is 0. The fourth-order valence-electron chi connectivity index (χ4n) is 1.76. The van der Waals surface area contributed by atoms with Gasteiger partial charge in [0.2, 0.25) is 6.79 Å². The smallest absolute Gasteiger partial charge is 0.231 e. The zero-order valence-corrected chi connectivity index (χ0v) is 7.62. The molecule has 0 aliphatic carbocycles. The van der Waals surface area contributed by atoms with Crippen molar-refractivity contribution < 1.29 is 9.47 Å². The van der Waals surface area contributed by atoms with Crippen molar-refractivity contribution in [1.82, 2.24) is 5.43 Å². The summed E-state index contributed by atoms with van der Waals surface area (Å²) in [6, 6.07) is 4.03. The lowest BCUT2D eigenvalue weighted by Crippen LogP contribution is -2.07. The maximum atomic E-state index is 5.41. The fraction of sp³-hybridized carbons (Fsp3) is 0.300. The van der Waals surface area contributed by atoms with Crippen LogP contribution in [0.5, 0.6) is 11.5 Å². The number of hydrogen-bond donors (Lipinski definition) is 1. The van der Waals surface area contributed by atoms with E-state index in [9.17, 15) is 0 Å². The second kappa shape index (κ2) is 2.90. The number of fused-ring (bicyclic) bond motifs is 3. The van der Waals surface area contributed by atoms with E-state index in [-0.39, 0.29) is 0 Å². The monoisotopic (exact) mass is 190 g/mol. The van der Waals surface area contributed by atoms with Gasteiger partial charge in [0, 0.05) is 12.1 Å². The molecule has 2 aliphatic heterocycles. The molecule has 0 spiro atoms. The Hall–Kier alpha value is -1.71. The number of hydrogen-bond acceptors (Lipinski definition) is 4. The van der Waals surface area contributed by atoms with Crippen molar-refractivity contribution in [2.45, 2.75) is 6.42 Å². The largest absolute Gasteiger partial charge is 0.454 e. The van der Waals surface area contributed by atoms with Crippen LogP contribution in [0, 0.1) is 0 Å². The Morgan fingerprint density at radius 3 is 3.29 bits per heavy atom. The van der Waals surface area contributed by atoms with Crippen LogP contribution < -0.4 is 14.9 Å². The minimum absolute atomic E-state index is 0.313. The molecule has 2 aliphatic rings. The minimum Gasteiger partial charge on any atom is -0.454 e. The average Bonchev–Trinajstić information content (AvgIpc) is 2.55. The molecule has 0 saturated carbocycles. The molecule has 0 bridgehead atoms. The molecule has 0 atom stereocenters. The second-order valence-corrected chi connectivity index (χ2v) is 3.29. The molecule has 1 aromatic carbocycles. The molecule has 3 rings (SSSR count). The van der Waals surface area contributed by atoms with E-state index in [2.05, 4.69) is 16.6 Å². The summed E-state index contributed by atoms with van der Waals surface area (Å²) in [6.07, 6.45) is 2.77. The molecule has 1 N–H and O–H groups in total. The summed E-state index contributed by atoms with van der Waals surface area (Å²) in [7, 11) is 0. The summed E-state index contributed by atoms with van der Waals surface area (Å²) in [4.78, 5) is 0. The van der Waals surface area contributed by atoms with Gasteiger partial charge in [-0.2, -0.15) is 5.10 Å². The van der Waals surface area contributed by atoms with Crippen LogP contribution in [0.25, 0.3) is 0 Å². The van der Waals surface area contributed by atoms with Crippen molar-refractivity contribution >= 4 is 6.21 Å². The van der Waals surface area contributed by atoms with Gasteiger partial charge in [-0.15, -0.1) is 0 Å². The first-order valence-electron chi connectivity index (χ1n) is 4.62. The van der Waals surface area contributed by atoms with E-state index in [0.717, 1.165) is 30.0 Å². The molecule has 2 heterocycles. The van der Waals surface area contributed by atoms with Crippen LogP contribution in [0.1, 0.15) is 11.1 Å². The van der Waals surface area contributed by atoms with Gasteiger partial charge in [0.15, 0.2) is 11.5 Å². The zero-order valence-electron chi connectivity index (χ0n) is 7.62. The van der Waals surface area contributed by atoms with Gasteiger partial charge in [0.1, 0.15) is 0 Å².